The highest BCUT2D eigenvalue weighted by molar-refractivity contribution is 7.98. The van der Waals surface area contributed by atoms with E-state index in [-0.39, 0.29) is 5.75 Å². The minimum Gasteiger partial charge on any atom is -0.496 e. The van der Waals surface area contributed by atoms with E-state index in [9.17, 15) is 13.2 Å². The van der Waals surface area contributed by atoms with Gasteiger partial charge in [-0.05, 0) is 19.1 Å². The van der Waals surface area contributed by atoms with Gasteiger partial charge >= 0.3 is 6.11 Å². The van der Waals surface area contributed by atoms with Crippen molar-refractivity contribution in [3.63, 3.8) is 0 Å². The number of halogens is 4. The van der Waals surface area contributed by atoms with Crippen molar-refractivity contribution in [1.29, 1.82) is 0 Å². The summed E-state index contributed by atoms with van der Waals surface area (Å²) in [6.07, 6.45) is -2.40. The van der Waals surface area contributed by atoms with Gasteiger partial charge < -0.3 is 14.5 Å². The summed E-state index contributed by atoms with van der Waals surface area (Å²) in [4.78, 5) is 11.7. The second-order valence-corrected chi connectivity index (χ2v) is 6.97. The molecule has 0 aliphatic carbocycles. The van der Waals surface area contributed by atoms with Crippen LogP contribution in [0.1, 0.15) is 11.3 Å². The number of H-pyrrole nitrogens is 1. The Morgan fingerprint density at radius 3 is 2.81 bits per heavy atom. The van der Waals surface area contributed by atoms with E-state index in [1.165, 1.54) is 30.0 Å². The van der Waals surface area contributed by atoms with Crippen LogP contribution in [0, 0.1) is 6.92 Å². The third-order valence-corrected chi connectivity index (χ3v) is 4.79. The third kappa shape index (κ3) is 4.59. The van der Waals surface area contributed by atoms with Crippen LogP contribution in [0.4, 0.5) is 13.2 Å². The van der Waals surface area contributed by atoms with Crippen molar-refractivity contribution in [2.24, 2.45) is 0 Å². The molecule has 0 spiro atoms. The van der Waals surface area contributed by atoms with Gasteiger partial charge in [-0.3, -0.25) is 4.98 Å². The molecule has 1 N–H and O–H groups in total. The molecule has 0 aliphatic rings. The minimum absolute atomic E-state index is 0.233. The fourth-order valence-corrected chi connectivity index (χ4v) is 3.11. The Hall–Kier alpha value is -2.13. The maximum atomic E-state index is 13.3. The summed E-state index contributed by atoms with van der Waals surface area (Å²) in [7, 11) is 1.59. The number of hydrogen-bond acceptors (Lipinski definition) is 5. The van der Waals surface area contributed by atoms with Crippen LogP contribution in [0.15, 0.2) is 35.6 Å². The summed E-state index contributed by atoms with van der Waals surface area (Å²) < 4.78 is 48.8. The highest BCUT2D eigenvalue weighted by Crippen LogP contribution is 2.31. The van der Waals surface area contributed by atoms with Gasteiger partial charge in [0.05, 0.1) is 23.8 Å². The number of pyridine rings is 1. The van der Waals surface area contributed by atoms with Crippen LogP contribution in [0.3, 0.4) is 0 Å². The molecule has 0 saturated heterocycles. The molecule has 1 atom stereocenters. The Bertz CT molecular complexity index is 952. The molecule has 5 nitrogen and oxygen atoms in total. The maximum absolute atomic E-state index is 13.3. The molecule has 1 aromatic carbocycles. The molecular formula is C17H15ClF3N3O2S. The lowest BCUT2D eigenvalue weighted by atomic mass is 10.2. The van der Waals surface area contributed by atoms with E-state index in [0.29, 0.717) is 21.9 Å². The number of benzene rings is 1. The van der Waals surface area contributed by atoms with Gasteiger partial charge in [0, 0.05) is 29.6 Å². The molecule has 0 bridgehead atoms. The molecule has 0 amide bonds. The molecule has 0 aliphatic heterocycles. The van der Waals surface area contributed by atoms with E-state index in [1.807, 2.05) is 13.0 Å². The monoisotopic (exact) mass is 417 g/mol. The van der Waals surface area contributed by atoms with Crippen LogP contribution in [0.5, 0.6) is 11.5 Å². The molecule has 0 fully saturated rings. The first-order valence-electron chi connectivity index (χ1n) is 7.75. The first-order valence-corrected chi connectivity index (χ1v) is 9.18. The SMILES string of the molecule is COc1cc(CSc2nc3cc(OC(F)(F)C(F)Cl)ccc3[nH]2)ncc1C. The molecule has 144 valence electrons. The van der Waals surface area contributed by atoms with E-state index < -0.39 is 11.7 Å². The van der Waals surface area contributed by atoms with Gasteiger partial charge in [0.15, 0.2) is 5.16 Å². The number of rotatable bonds is 7. The summed E-state index contributed by atoms with van der Waals surface area (Å²) in [5.74, 6) is 1.05. The highest BCUT2D eigenvalue weighted by Gasteiger charge is 2.42. The van der Waals surface area contributed by atoms with Crippen LogP contribution in [0.2, 0.25) is 0 Å². The zero-order valence-corrected chi connectivity index (χ0v) is 15.9. The molecule has 0 saturated carbocycles. The van der Waals surface area contributed by atoms with Gasteiger partial charge in [-0.25, -0.2) is 9.37 Å². The normalized spacial score (nSPS) is 13.0. The Labute approximate surface area is 162 Å². The number of alkyl halides is 4. The lowest BCUT2D eigenvalue weighted by Crippen LogP contribution is -2.32. The molecule has 2 heterocycles. The van der Waals surface area contributed by atoms with E-state index in [1.54, 1.807) is 13.3 Å². The lowest BCUT2D eigenvalue weighted by Gasteiger charge is -2.17. The van der Waals surface area contributed by atoms with Gasteiger partial charge in [0.1, 0.15) is 11.5 Å². The number of nitrogens with one attached hydrogen (secondary N) is 1. The molecule has 27 heavy (non-hydrogen) atoms. The van der Waals surface area contributed by atoms with Crippen LogP contribution >= 0.6 is 23.4 Å². The average Bonchev–Trinajstić information content (AvgIpc) is 3.02. The number of thioether (sulfide) groups is 1. The van der Waals surface area contributed by atoms with Gasteiger partial charge in [-0.1, -0.05) is 23.4 Å². The van der Waals surface area contributed by atoms with E-state index in [0.717, 1.165) is 17.0 Å². The summed E-state index contributed by atoms with van der Waals surface area (Å²) >= 11 is 6.18. The Kier molecular flexibility index (Phi) is 5.71. The first-order chi connectivity index (χ1) is 12.8. The predicted molar refractivity (Wildman–Crippen MR) is 97.5 cm³/mol. The summed E-state index contributed by atoms with van der Waals surface area (Å²) in [5.41, 5.74) is -0.164. The summed E-state index contributed by atoms with van der Waals surface area (Å²) in [5, 5.41) is 0.580. The fourth-order valence-electron chi connectivity index (χ4n) is 2.28. The molecule has 2 aromatic heterocycles. The molecule has 3 rings (SSSR count). The van der Waals surface area contributed by atoms with E-state index in [2.05, 4.69) is 19.7 Å². The fraction of sp³-hybridized carbons (Fsp3) is 0.294. The van der Waals surface area contributed by atoms with Crippen molar-refractivity contribution in [3.8, 4) is 11.5 Å². The van der Waals surface area contributed by atoms with Crippen LogP contribution in [-0.2, 0) is 5.75 Å². The van der Waals surface area contributed by atoms with Crippen molar-refractivity contribution < 1.29 is 22.6 Å². The number of ether oxygens (including phenoxy) is 2. The maximum Gasteiger partial charge on any atom is 0.444 e. The number of aryl methyl sites for hydroxylation is 1. The number of aromatic amines is 1. The predicted octanol–water partition coefficient (Wildman–Crippen LogP) is 5.07. The second kappa shape index (κ2) is 7.85. The molecule has 1 unspecified atom stereocenters. The number of fused-ring (bicyclic) bond motifs is 1. The van der Waals surface area contributed by atoms with Crippen LogP contribution < -0.4 is 9.47 Å². The topological polar surface area (TPSA) is 60.0 Å². The van der Waals surface area contributed by atoms with Gasteiger partial charge in [-0.2, -0.15) is 8.78 Å². The average molecular weight is 418 g/mol. The smallest absolute Gasteiger partial charge is 0.444 e. The van der Waals surface area contributed by atoms with Crippen LogP contribution in [-0.4, -0.2) is 33.8 Å². The Morgan fingerprint density at radius 2 is 2.11 bits per heavy atom. The van der Waals surface area contributed by atoms with E-state index >= 15 is 0 Å². The van der Waals surface area contributed by atoms with Gasteiger partial charge in [0.2, 0.25) is 0 Å². The van der Waals surface area contributed by atoms with Crippen molar-refractivity contribution in [2.75, 3.05) is 7.11 Å². The largest absolute Gasteiger partial charge is 0.496 e. The van der Waals surface area contributed by atoms with Crippen molar-refractivity contribution in [2.45, 2.75) is 29.6 Å². The number of nitrogens with zero attached hydrogens (tertiary/aromatic N) is 2. The number of imidazole rings is 1. The minimum atomic E-state index is -4.13. The Morgan fingerprint density at radius 1 is 1.33 bits per heavy atom. The highest BCUT2D eigenvalue weighted by atomic mass is 35.5. The van der Waals surface area contributed by atoms with Crippen molar-refractivity contribution >= 4 is 34.4 Å². The van der Waals surface area contributed by atoms with E-state index in [4.69, 9.17) is 16.3 Å². The molecular weight excluding hydrogens is 403 g/mol. The van der Waals surface area contributed by atoms with Gasteiger partial charge in [-0.15, -0.1) is 0 Å². The number of methoxy groups -OCH3 is 1. The Balaban J connectivity index is 1.73. The molecule has 0 radical (unpaired) electrons. The summed E-state index contributed by atoms with van der Waals surface area (Å²) in [6, 6.07) is 5.94. The second-order valence-electron chi connectivity index (χ2n) is 5.62. The van der Waals surface area contributed by atoms with Crippen LogP contribution in [0.25, 0.3) is 11.0 Å². The standard InChI is InChI=1S/C17H15ClF3N3O2S/c1-9-7-22-10(5-14(9)25-2)8-27-16-23-12-4-3-11(6-13(12)24-16)26-17(20,21)15(18)19/h3-7,15H,8H2,1-2H3,(H,23,24). The zero-order valence-electron chi connectivity index (χ0n) is 14.3. The summed E-state index contributed by atoms with van der Waals surface area (Å²) in [6.45, 7) is 1.90. The quantitative estimate of drug-likeness (QED) is 0.429. The molecule has 3 aromatic rings. The van der Waals surface area contributed by atoms with Crippen molar-refractivity contribution in [1.82, 2.24) is 15.0 Å². The first kappa shape index (κ1) is 19.6. The third-order valence-electron chi connectivity index (χ3n) is 3.63. The molecule has 10 heteroatoms. The number of hydrogen-bond donors (Lipinski definition) is 1. The lowest BCUT2D eigenvalue weighted by molar-refractivity contribution is -0.198. The zero-order chi connectivity index (χ0) is 19.6. The van der Waals surface area contributed by atoms with Crippen molar-refractivity contribution in [3.05, 3.63) is 41.7 Å². The van der Waals surface area contributed by atoms with Gasteiger partial charge in [0.25, 0.3) is 5.63 Å². The number of aromatic nitrogens is 3.